The molecule has 0 aromatic heterocycles. The minimum absolute atomic E-state index is 0.127. The molecule has 0 bridgehead atoms. The lowest BCUT2D eigenvalue weighted by Gasteiger charge is -2.36. The van der Waals surface area contributed by atoms with Crippen molar-refractivity contribution in [3.63, 3.8) is 0 Å². The summed E-state index contributed by atoms with van der Waals surface area (Å²) in [6.07, 6.45) is 1.86. The normalized spacial score (nSPS) is 15.5. The van der Waals surface area contributed by atoms with E-state index >= 15 is 0 Å². The van der Waals surface area contributed by atoms with Crippen molar-refractivity contribution in [2.45, 2.75) is 32.2 Å². The van der Waals surface area contributed by atoms with Gasteiger partial charge in [0, 0.05) is 44.2 Å². The number of carbonyl (C=O) groups is 2. The van der Waals surface area contributed by atoms with Gasteiger partial charge in [-0.25, -0.2) is 0 Å². The standard InChI is InChI=1S/C29H33N3O3/c1-2-31-29(34)24-12-8-13-26(20-24)35-27-14-7-6-11-23(27)15-16-28(33)32-18-17-30-21-25(32)19-22-9-4-3-5-10-22/h3-14,20,25,30H,2,15-19,21H2,1H3,(H,31,34). The summed E-state index contributed by atoms with van der Waals surface area (Å²) in [6.45, 7) is 4.81. The summed E-state index contributed by atoms with van der Waals surface area (Å²) in [6, 6.07) is 25.4. The molecule has 3 aromatic carbocycles. The first-order chi connectivity index (χ1) is 17.1. The molecule has 1 aliphatic rings. The van der Waals surface area contributed by atoms with E-state index in [0.717, 1.165) is 31.6 Å². The number of aryl methyl sites for hydroxylation is 1. The van der Waals surface area contributed by atoms with E-state index in [4.69, 9.17) is 4.74 Å². The second-order valence-corrected chi connectivity index (χ2v) is 8.73. The molecule has 182 valence electrons. The summed E-state index contributed by atoms with van der Waals surface area (Å²) in [5.74, 6) is 1.34. The average molecular weight is 472 g/mol. The molecule has 1 fully saturated rings. The van der Waals surface area contributed by atoms with Gasteiger partial charge in [0.25, 0.3) is 5.91 Å². The molecule has 2 N–H and O–H groups in total. The number of para-hydroxylation sites is 1. The number of carbonyl (C=O) groups excluding carboxylic acids is 2. The molecule has 3 aromatic rings. The summed E-state index contributed by atoms with van der Waals surface area (Å²) in [7, 11) is 0. The van der Waals surface area contributed by atoms with Crippen molar-refractivity contribution in [3.05, 3.63) is 95.6 Å². The average Bonchev–Trinajstić information content (AvgIpc) is 2.89. The third-order valence-corrected chi connectivity index (χ3v) is 6.23. The highest BCUT2D eigenvalue weighted by Crippen LogP contribution is 2.27. The maximum atomic E-state index is 13.2. The number of piperazine rings is 1. The van der Waals surface area contributed by atoms with Crippen LogP contribution < -0.4 is 15.4 Å². The van der Waals surface area contributed by atoms with E-state index in [0.29, 0.717) is 36.4 Å². The molecular weight excluding hydrogens is 438 g/mol. The number of hydrogen-bond acceptors (Lipinski definition) is 4. The van der Waals surface area contributed by atoms with Crippen molar-refractivity contribution >= 4 is 11.8 Å². The van der Waals surface area contributed by atoms with E-state index in [-0.39, 0.29) is 17.9 Å². The maximum absolute atomic E-state index is 13.2. The Morgan fingerprint density at radius 3 is 2.66 bits per heavy atom. The Morgan fingerprint density at radius 1 is 1.03 bits per heavy atom. The van der Waals surface area contributed by atoms with E-state index in [2.05, 4.69) is 22.8 Å². The van der Waals surface area contributed by atoms with Gasteiger partial charge in [0.15, 0.2) is 0 Å². The lowest BCUT2D eigenvalue weighted by atomic mass is 10.0. The van der Waals surface area contributed by atoms with Gasteiger partial charge in [0.2, 0.25) is 5.91 Å². The largest absolute Gasteiger partial charge is 0.457 e. The molecule has 6 heteroatoms. The fourth-order valence-electron chi connectivity index (χ4n) is 4.44. The summed E-state index contributed by atoms with van der Waals surface area (Å²) in [4.78, 5) is 27.4. The fourth-order valence-corrected chi connectivity index (χ4v) is 4.44. The highest BCUT2D eigenvalue weighted by Gasteiger charge is 2.26. The Morgan fingerprint density at radius 2 is 1.83 bits per heavy atom. The van der Waals surface area contributed by atoms with Crippen LogP contribution in [0.5, 0.6) is 11.5 Å². The van der Waals surface area contributed by atoms with Crippen LogP contribution in [-0.2, 0) is 17.6 Å². The van der Waals surface area contributed by atoms with Gasteiger partial charge in [-0.2, -0.15) is 0 Å². The molecule has 1 atom stereocenters. The molecule has 2 amide bonds. The molecule has 1 heterocycles. The number of nitrogens with zero attached hydrogens (tertiary/aromatic N) is 1. The van der Waals surface area contributed by atoms with Gasteiger partial charge in [0.1, 0.15) is 11.5 Å². The molecular formula is C29H33N3O3. The predicted octanol–water partition coefficient (Wildman–Crippen LogP) is 4.20. The van der Waals surface area contributed by atoms with Crippen LogP contribution in [0.4, 0.5) is 0 Å². The highest BCUT2D eigenvalue weighted by atomic mass is 16.5. The second-order valence-electron chi connectivity index (χ2n) is 8.73. The van der Waals surface area contributed by atoms with Crippen LogP contribution in [0.25, 0.3) is 0 Å². The molecule has 4 rings (SSSR count). The summed E-state index contributed by atoms with van der Waals surface area (Å²) in [5, 5.41) is 6.23. The number of ether oxygens (including phenoxy) is 1. The van der Waals surface area contributed by atoms with Crippen molar-refractivity contribution < 1.29 is 14.3 Å². The van der Waals surface area contributed by atoms with Crippen molar-refractivity contribution in [2.24, 2.45) is 0 Å². The van der Waals surface area contributed by atoms with Crippen molar-refractivity contribution in [1.82, 2.24) is 15.5 Å². The third kappa shape index (κ3) is 6.70. The minimum Gasteiger partial charge on any atom is -0.457 e. The van der Waals surface area contributed by atoms with Crippen molar-refractivity contribution in [3.8, 4) is 11.5 Å². The number of benzene rings is 3. The molecule has 0 aliphatic carbocycles. The first-order valence-corrected chi connectivity index (χ1v) is 12.3. The Hall–Kier alpha value is -3.64. The third-order valence-electron chi connectivity index (χ3n) is 6.23. The topological polar surface area (TPSA) is 70.7 Å². The first-order valence-electron chi connectivity index (χ1n) is 12.3. The Balaban J connectivity index is 1.41. The van der Waals surface area contributed by atoms with Crippen molar-refractivity contribution in [1.29, 1.82) is 0 Å². The molecule has 35 heavy (non-hydrogen) atoms. The summed E-state index contributed by atoms with van der Waals surface area (Å²) >= 11 is 0. The lowest BCUT2D eigenvalue weighted by molar-refractivity contribution is -0.134. The van der Waals surface area contributed by atoms with Gasteiger partial charge in [-0.15, -0.1) is 0 Å². The summed E-state index contributed by atoms with van der Waals surface area (Å²) < 4.78 is 6.14. The highest BCUT2D eigenvalue weighted by molar-refractivity contribution is 5.94. The monoisotopic (exact) mass is 471 g/mol. The minimum atomic E-state index is -0.127. The molecule has 0 saturated carbocycles. The first kappa shape index (κ1) is 24.5. The fraction of sp³-hybridized carbons (Fsp3) is 0.310. The Kier molecular flexibility index (Phi) is 8.52. The van der Waals surface area contributed by atoms with Crippen LogP contribution in [0, 0.1) is 0 Å². The van der Waals surface area contributed by atoms with Crippen LogP contribution in [-0.4, -0.2) is 48.9 Å². The van der Waals surface area contributed by atoms with Crippen LogP contribution in [0.1, 0.15) is 34.8 Å². The Labute approximate surface area is 207 Å². The van der Waals surface area contributed by atoms with E-state index in [1.165, 1.54) is 5.56 Å². The van der Waals surface area contributed by atoms with Gasteiger partial charge >= 0.3 is 0 Å². The van der Waals surface area contributed by atoms with Crippen LogP contribution in [0.15, 0.2) is 78.9 Å². The van der Waals surface area contributed by atoms with E-state index in [1.54, 1.807) is 12.1 Å². The van der Waals surface area contributed by atoms with E-state index in [9.17, 15) is 9.59 Å². The maximum Gasteiger partial charge on any atom is 0.251 e. The predicted molar refractivity (Wildman–Crippen MR) is 138 cm³/mol. The molecule has 0 spiro atoms. The molecule has 1 saturated heterocycles. The zero-order valence-corrected chi connectivity index (χ0v) is 20.2. The number of amides is 2. The SMILES string of the molecule is CCNC(=O)c1cccc(Oc2ccccc2CCC(=O)N2CCNCC2Cc2ccccc2)c1. The lowest BCUT2D eigenvalue weighted by Crippen LogP contribution is -2.54. The molecule has 1 unspecified atom stereocenters. The van der Waals surface area contributed by atoms with E-state index in [1.807, 2.05) is 66.4 Å². The molecule has 1 aliphatic heterocycles. The smallest absolute Gasteiger partial charge is 0.251 e. The van der Waals surface area contributed by atoms with Gasteiger partial charge in [-0.05, 0) is 55.2 Å². The van der Waals surface area contributed by atoms with Gasteiger partial charge in [0.05, 0.1) is 0 Å². The number of rotatable bonds is 9. The van der Waals surface area contributed by atoms with Gasteiger partial charge in [-0.3, -0.25) is 9.59 Å². The van der Waals surface area contributed by atoms with E-state index < -0.39 is 0 Å². The number of hydrogen-bond donors (Lipinski definition) is 2. The quantitative estimate of drug-likeness (QED) is 0.491. The van der Waals surface area contributed by atoms with Gasteiger partial charge in [-0.1, -0.05) is 54.6 Å². The summed E-state index contributed by atoms with van der Waals surface area (Å²) in [5.41, 5.74) is 2.77. The van der Waals surface area contributed by atoms with Gasteiger partial charge < -0.3 is 20.3 Å². The second kappa shape index (κ2) is 12.2. The molecule has 0 radical (unpaired) electrons. The molecule has 6 nitrogen and oxygen atoms in total. The Bertz CT molecular complexity index is 1130. The van der Waals surface area contributed by atoms with Crippen LogP contribution >= 0.6 is 0 Å². The van der Waals surface area contributed by atoms with Crippen molar-refractivity contribution in [2.75, 3.05) is 26.2 Å². The van der Waals surface area contributed by atoms with Crippen LogP contribution in [0.2, 0.25) is 0 Å². The van der Waals surface area contributed by atoms with Crippen LogP contribution in [0.3, 0.4) is 0 Å². The zero-order valence-electron chi connectivity index (χ0n) is 20.2. The zero-order chi connectivity index (χ0) is 24.5. The number of nitrogens with one attached hydrogen (secondary N) is 2.